The molecule has 0 aliphatic carbocycles. The van der Waals surface area contributed by atoms with Crippen molar-refractivity contribution in [3.63, 3.8) is 0 Å². The molecule has 1 amide bonds. The van der Waals surface area contributed by atoms with Gasteiger partial charge in [-0.3, -0.25) is 10.2 Å². The molecule has 0 spiro atoms. The molecular formula is C10H12HgN4OS. The van der Waals surface area contributed by atoms with Crippen LogP contribution in [0.25, 0.3) is 0 Å². The number of rotatable bonds is 3. The van der Waals surface area contributed by atoms with E-state index in [-0.39, 0.29) is 38.7 Å². The van der Waals surface area contributed by atoms with Gasteiger partial charge < -0.3 is 11.1 Å². The topological polar surface area (TPSA) is 79.5 Å². The van der Waals surface area contributed by atoms with E-state index in [9.17, 15) is 4.79 Å². The molecule has 1 aromatic carbocycles. The molecule has 0 radical (unpaired) electrons. The van der Waals surface area contributed by atoms with E-state index >= 15 is 0 Å². The van der Waals surface area contributed by atoms with Crippen LogP contribution in [0.5, 0.6) is 0 Å². The van der Waals surface area contributed by atoms with Gasteiger partial charge >= 0.3 is 0 Å². The van der Waals surface area contributed by atoms with Crippen molar-refractivity contribution in [2.45, 2.75) is 6.92 Å². The first-order chi connectivity index (χ1) is 7.58. The Morgan fingerprint density at radius 3 is 2.47 bits per heavy atom. The van der Waals surface area contributed by atoms with Crippen LogP contribution in [0.3, 0.4) is 0 Å². The molecule has 86 valence electrons. The first kappa shape index (κ1) is 16.0. The fourth-order valence-corrected chi connectivity index (χ4v) is 1.08. The summed E-state index contributed by atoms with van der Waals surface area (Å²) in [5, 5.41) is 6.59. The van der Waals surface area contributed by atoms with Crippen molar-refractivity contribution in [3.8, 4) is 0 Å². The van der Waals surface area contributed by atoms with Crippen molar-refractivity contribution in [1.82, 2.24) is 5.43 Å². The van der Waals surface area contributed by atoms with Crippen molar-refractivity contribution in [1.29, 1.82) is 0 Å². The fourth-order valence-electron chi connectivity index (χ4n) is 1.03. The van der Waals surface area contributed by atoms with E-state index in [1.165, 1.54) is 6.92 Å². The summed E-state index contributed by atoms with van der Waals surface area (Å²) in [6, 6.07) is 7.19. The molecule has 0 aliphatic heterocycles. The normalized spacial score (nSPS) is 9.47. The van der Waals surface area contributed by atoms with Gasteiger partial charge in [-0.25, -0.2) is 0 Å². The predicted octanol–water partition coefficient (Wildman–Crippen LogP) is 0.810. The van der Waals surface area contributed by atoms with Crippen molar-refractivity contribution < 1.29 is 32.5 Å². The molecule has 0 saturated heterocycles. The fraction of sp³-hybridized carbons (Fsp3) is 0.100. The third-order valence-corrected chi connectivity index (χ3v) is 1.71. The minimum Gasteiger partial charge on any atom is -0.375 e. The third-order valence-electron chi connectivity index (χ3n) is 1.62. The van der Waals surface area contributed by atoms with Gasteiger partial charge in [0.25, 0.3) is 0 Å². The summed E-state index contributed by atoms with van der Waals surface area (Å²) < 4.78 is 0. The second kappa shape index (κ2) is 8.13. The molecule has 0 aromatic heterocycles. The molecule has 1 rings (SSSR count). The summed E-state index contributed by atoms with van der Waals surface area (Å²) in [7, 11) is 0. The van der Waals surface area contributed by atoms with Crippen LogP contribution < -0.4 is 16.5 Å². The van der Waals surface area contributed by atoms with Gasteiger partial charge in [0.05, 0.1) is 6.21 Å². The molecule has 0 saturated carbocycles. The average molecular weight is 437 g/mol. The van der Waals surface area contributed by atoms with Crippen LogP contribution in [0.2, 0.25) is 0 Å². The summed E-state index contributed by atoms with van der Waals surface area (Å²) >= 11 is 4.58. The van der Waals surface area contributed by atoms with Crippen LogP contribution in [-0.2, 0) is 32.5 Å². The summed E-state index contributed by atoms with van der Waals surface area (Å²) in [6.45, 7) is 1.46. The van der Waals surface area contributed by atoms with Crippen LogP contribution in [0.4, 0.5) is 5.69 Å². The van der Waals surface area contributed by atoms with Gasteiger partial charge in [0.15, 0.2) is 5.11 Å². The average Bonchev–Trinajstić information content (AvgIpc) is 2.19. The molecule has 0 fully saturated rings. The Morgan fingerprint density at radius 2 is 2.00 bits per heavy atom. The van der Waals surface area contributed by atoms with Gasteiger partial charge in [0.1, 0.15) is 0 Å². The molecule has 0 aliphatic rings. The van der Waals surface area contributed by atoms with Crippen LogP contribution in [0.1, 0.15) is 12.5 Å². The minimum absolute atomic E-state index is 0. The van der Waals surface area contributed by atoms with Gasteiger partial charge in [-0.05, 0) is 29.9 Å². The Labute approximate surface area is 125 Å². The Balaban J connectivity index is 0.00000256. The first-order valence-electron chi connectivity index (χ1n) is 4.54. The molecule has 5 nitrogen and oxygen atoms in total. The van der Waals surface area contributed by atoms with Crippen molar-refractivity contribution in [2.75, 3.05) is 5.32 Å². The van der Waals surface area contributed by atoms with Crippen LogP contribution >= 0.6 is 12.2 Å². The molecular weight excluding hydrogens is 425 g/mol. The smallest absolute Gasteiger partial charge is 0.221 e. The second-order valence-corrected chi connectivity index (χ2v) is 3.48. The van der Waals surface area contributed by atoms with Gasteiger partial charge in [-0.2, -0.15) is 5.10 Å². The molecule has 0 heterocycles. The summed E-state index contributed by atoms with van der Waals surface area (Å²) in [4.78, 5) is 10.8. The Kier molecular flexibility index (Phi) is 7.65. The zero-order valence-corrected chi connectivity index (χ0v) is 15.7. The molecule has 0 bridgehead atoms. The van der Waals surface area contributed by atoms with Gasteiger partial charge in [-0.15, -0.1) is 0 Å². The quantitative estimate of drug-likeness (QED) is 0.283. The number of nitrogens with one attached hydrogen (secondary N) is 2. The number of carbonyl (C=O) groups excluding carboxylic acids is 1. The number of nitrogens with zero attached hydrogens (tertiary/aromatic N) is 1. The minimum atomic E-state index is -0.100. The summed E-state index contributed by atoms with van der Waals surface area (Å²) in [5.41, 5.74) is 9.26. The standard InChI is InChI=1S/C10H12N4OS.Hg/c1-7(15)13-9-4-2-8(3-5-9)6-12-14-10(11)16;/h2-6H,1H3,(H,13,15)(H3,11,14,16);. The van der Waals surface area contributed by atoms with Gasteiger partial charge in [0.2, 0.25) is 5.91 Å². The molecule has 7 heteroatoms. The zero-order chi connectivity index (χ0) is 12.0. The largest absolute Gasteiger partial charge is 0.375 e. The Bertz CT molecular complexity index is 419. The maximum absolute atomic E-state index is 10.8. The number of anilines is 1. The maximum Gasteiger partial charge on any atom is 0.221 e. The monoisotopic (exact) mass is 438 g/mol. The molecule has 4 N–H and O–H groups in total. The number of nitrogens with two attached hydrogens (primary N) is 1. The van der Waals surface area contributed by atoms with E-state index in [0.717, 1.165) is 11.3 Å². The number of hydrazone groups is 1. The van der Waals surface area contributed by atoms with E-state index in [0.29, 0.717) is 0 Å². The van der Waals surface area contributed by atoms with Crippen molar-refractivity contribution in [2.24, 2.45) is 10.8 Å². The van der Waals surface area contributed by atoms with E-state index in [1.54, 1.807) is 18.3 Å². The number of amides is 1. The van der Waals surface area contributed by atoms with E-state index in [4.69, 9.17) is 5.73 Å². The summed E-state index contributed by atoms with van der Waals surface area (Å²) in [6.07, 6.45) is 1.58. The van der Waals surface area contributed by atoms with Gasteiger partial charge in [-0.1, -0.05) is 12.1 Å². The van der Waals surface area contributed by atoms with Crippen LogP contribution in [0.15, 0.2) is 29.4 Å². The van der Waals surface area contributed by atoms with Crippen LogP contribution in [0, 0.1) is 0 Å². The second-order valence-electron chi connectivity index (χ2n) is 3.04. The summed E-state index contributed by atoms with van der Waals surface area (Å²) in [5.74, 6) is -0.100. The Morgan fingerprint density at radius 1 is 1.41 bits per heavy atom. The van der Waals surface area contributed by atoms with Gasteiger partial charge in [0, 0.05) is 40.3 Å². The molecule has 1 aromatic rings. The SMILES string of the molecule is CC(=O)Nc1ccc(C=NNC(N)=S)cc1.[Hg]. The van der Waals surface area contributed by atoms with Crippen LogP contribution in [-0.4, -0.2) is 17.2 Å². The van der Waals surface area contributed by atoms with Crippen molar-refractivity contribution >= 4 is 35.1 Å². The van der Waals surface area contributed by atoms with E-state index in [1.807, 2.05) is 12.1 Å². The number of carbonyl (C=O) groups is 1. The zero-order valence-electron chi connectivity index (χ0n) is 9.43. The number of hydrogen-bond donors (Lipinski definition) is 3. The maximum atomic E-state index is 10.8. The third kappa shape index (κ3) is 7.01. The Hall–Kier alpha value is -1.01. The number of hydrogen-bond acceptors (Lipinski definition) is 3. The first-order valence-corrected chi connectivity index (χ1v) is 4.95. The van der Waals surface area contributed by atoms with E-state index < -0.39 is 0 Å². The predicted molar refractivity (Wildman–Crippen MR) is 68.3 cm³/mol. The van der Waals surface area contributed by atoms with E-state index in [2.05, 4.69) is 28.1 Å². The molecule has 0 unspecified atom stereocenters. The molecule has 0 atom stereocenters. The number of thiocarbonyl (C=S) groups is 1. The number of benzene rings is 1. The molecule has 17 heavy (non-hydrogen) atoms. The van der Waals surface area contributed by atoms with Crippen molar-refractivity contribution in [3.05, 3.63) is 29.8 Å².